The summed E-state index contributed by atoms with van der Waals surface area (Å²) in [6.45, 7) is 4.47. The minimum absolute atomic E-state index is 0. The van der Waals surface area contributed by atoms with Crippen LogP contribution >= 0.6 is 24.8 Å². The Morgan fingerprint density at radius 3 is 2.58 bits per heavy atom. The lowest BCUT2D eigenvalue weighted by atomic mass is 9.93. The van der Waals surface area contributed by atoms with Gasteiger partial charge >= 0.3 is 0 Å². The standard InChI is InChI=1S/C18H27N3O.2ClH/c1-19-10-6-15-7-11-20(12-8-15)18(22)14-21-13-9-16-4-2-3-5-17(16)21;;/h2-5,15,19H,6-14H2,1H3;2*1H. The van der Waals surface area contributed by atoms with E-state index in [0.29, 0.717) is 12.5 Å². The first kappa shape index (κ1) is 21.1. The lowest BCUT2D eigenvalue weighted by Crippen LogP contribution is -2.44. The number of hydrogen-bond acceptors (Lipinski definition) is 3. The third-order valence-electron chi connectivity index (χ3n) is 5.08. The quantitative estimate of drug-likeness (QED) is 0.861. The van der Waals surface area contributed by atoms with Gasteiger partial charge in [-0.25, -0.2) is 0 Å². The minimum atomic E-state index is 0. The number of para-hydroxylation sites is 1. The summed E-state index contributed by atoms with van der Waals surface area (Å²) in [6.07, 6.45) is 4.61. The van der Waals surface area contributed by atoms with E-state index >= 15 is 0 Å². The second-order valence-electron chi connectivity index (χ2n) is 6.52. The highest BCUT2D eigenvalue weighted by molar-refractivity contribution is 5.85. The van der Waals surface area contributed by atoms with Crippen LogP contribution in [0.5, 0.6) is 0 Å². The highest BCUT2D eigenvalue weighted by Crippen LogP contribution is 2.27. The molecule has 1 aromatic rings. The molecule has 1 N–H and O–H groups in total. The van der Waals surface area contributed by atoms with Crippen LogP contribution < -0.4 is 10.2 Å². The summed E-state index contributed by atoms with van der Waals surface area (Å²) in [5.41, 5.74) is 2.63. The molecule has 0 radical (unpaired) electrons. The molecule has 2 heterocycles. The number of nitrogens with zero attached hydrogens (tertiary/aromatic N) is 2. The number of nitrogens with one attached hydrogen (secondary N) is 1. The van der Waals surface area contributed by atoms with Crippen LogP contribution in [0, 0.1) is 5.92 Å². The van der Waals surface area contributed by atoms with Crippen LogP contribution in [0.15, 0.2) is 24.3 Å². The Bertz CT molecular complexity index is 519. The first-order valence-electron chi connectivity index (χ1n) is 8.53. The molecule has 0 aliphatic carbocycles. The summed E-state index contributed by atoms with van der Waals surface area (Å²) < 4.78 is 0. The summed E-state index contributed by atoms with van der Waals surface area (Å²) in [6, 6.07) is 8.46. The number of likely N-dealkylation sites (tertiary alicyclic amines) is 1. The number of carbonyl (C=O) groups is 1. The summed E-state index contributed by atoms with van der Waals surface area (Å²) in [5, 5.41) is 3.22. The highest BCUT2D eigenvalue weighted by Gasteiger charge is 2.26. The third-order valence-corrected chi connectivity index (χ3v) is 5.08. The van der Waals surface area contributed by atoms with E-state index in [1.165, 1.54) is 17.7 Å². The molecule has 0 saturated carbocycles. The average molecular weight is 374 g/mol. The predicted molar refractivity (Wildman–Crippen MR) is 105 cm³/mol. The lowest BCUT2D eigenvalue weighted by Gasteiger charge is -2.33. The third kappa shape index (κ3) is 5.01. The zero-order valence-electron chi connectivity index (χ0n) is 14.4. The van der Waals surface area contributed by atoms with Gasteiger partial charge in [-0.2, -0.15) is 0 Å². The van der Waals surface area contributed by atoms with E-state index in [1.54, 1.807) is 0 Å². The van der Waals surface area contributed by atoms with Crippen LogP contribution in [-0.2, 0) is 11.2 Å². The smallest absolute Gasteiger partial charge is 0.242 e. The fraction of sp³-hybridized carbons (Fsp3) is 0.611. The van der Waals surface area contributed by atoms with Crippen molar-refractivity contribution >= 4 is 36.4 Å². The summed E-state index contributed by atoms with van der Waals surface area (Å²) >= 11 is 0. The van der Waals surface area contributed by atoms with Crippen LogP contribution in [0.3, 0.4) is 0 Å². The molecule has 0 unspecified atom stereocenters. The van der Waals surface area contributed by atoms with Gasteiger partial charge in [-0.15, -0.1) is 24.8 Å². The van der Waals surface area contributed by atoms with Crippen molar-refractivity contribution in [3.05, 3.63) is 29.8 Å². The number of amides is 1. The molecular formula is C18H29Cl2N3O. The zero-order valence-corrected chi connectivity index (χ0v) is 16.0. The number of carbonyl (C=O) groups excluding carboxylic acids is 1. The van der Waals surface area contributed by atoms with Crippen molar-refractivity contribution in [2.45, 2.75) is 25.7 Å². The van der Waals surface area contributed by atoms with Crippen molar-refractivity contribution < 1.29 is 4.79 Å². The fourth-order valence-electron chi connectivity index (χ4n) is 3.65. The van der Waals surface area contributed by atoms with E-state index in [1.807, 2.05) is 7.05 Å². The Kier molecular flexibility index (Phi) is 8.88. The number of fused-ring (bicyclic) bond motifs is 1. The van der Waals surface area contributed by atoms with E-state index in [0.717, 1.165) is 51.4 Å². The number of halogens is 2. The Morgan fingerprint density at radius 1 is 1.17 bits per heavy atom. The van der Waals surface area contributed by atoms with Crippen molar-refractivity contribution in [3.8, 4) is 0 Å². The fourth-order valence-corrected chi connectivity index (χ4v) is 3.65. The van der Waals surface area contributed by atoms with E-state index < -0.39 is 0 Å². The lowest BCUT2D eigenvalue weighted by molar-refractivity contribution is -0.131. The monoisotopic (exact) mass is 373 g/mol. The molecule has 3 rings (SSSR count). The van der Waals surface area contributed by atoms with Crippen LogP contribution in [0.1, 0.15) is 24.8 Å². The van der Waals surface area contributed by atoms with Crippen LogP contribution in [0.4, 0.5) is 5.69 Å². The first-order valence-corrected chi connectivity index (χ1v) is 8.53. The SMILES string of the molecule is CNCCC1CCN(C(=O)CN2CCc3ccccc32)CC1.Cl.Cl. The van der Waals surface area contributed by atoms with Crippen molar-refractivity contribution in [1.29, 1.82) is 0 Å². The van der Waals surface area contributed by atoms with Crippen molar-refractivity contribution in [2.24, 2.45) is 5.92 Å². The van der Waals surface area contributed by atoms with Crippen molar-refractivity contribution in [3.63, 3.8) is 0 Å². The molecule has 2 aliphatic heterocycles. The average Bonchev–Trinajstić information content (AvgIpc) is 2.96. The van der Waals surface area contributed by atoms with Crippen LogP contribution in [-0.4, -0.2) is 50.6 Å². The molecule has 0 bridgehead atoms. The Hall–Kier alpha value is -0.970. The van der Waals surface area contributed by atoms with E-state index in [4.69, 9.17) is 0 Å². The maximum absolute atomic E-state index is 12.6. The maximum Gasteiger partial charge on any atom is 0.242 e. The highest BCUT2D eigenvalue weighted by atomic mass is 35.5. The number of piperidine rings is 1. The van der Waals surface area contributed by atoms with Gasteiger partial charge in [0.2, 0.25) is 5.91 Å². The summed E-state index contributed by atoms with van der Waals surface area (Å²) in [5.74, 6) is 1.08. The number of rotatable bonds is 5. The normalized spacial score (nSPS) is 17.0. The molecule has 1 saturated heterocycles. The van der Waals surface area contributed by atoms with Gasteiger partial charge in [0.25, 0.3) is 0 Å². The van der Waals surface area contributed by atoms with Gasteiger partial charge in [0.05, 0.1) is 6.54 Å². The van der Waals surface area contributed by atoms with Gasteiger partial charge in [-0.3, -0.25) is 4.79 Å². The first-order chi connectivity index (χ1) is 10.8. The van der Waals surface area contributed by atoms with E-state index in [-0.39, 0.29) is 24.8 Å². The molecule has 0 spiro atoms. The molecule has 1 fully saturated rings. The maximum atomic E-state index is 12.6. The van der Waals surface area contributed by atoms with Crippen LogP contribution in [0.2, 0.25) is 0 Å². The molecular weight excluding hydrogens is 345 g/mol. The molecule has 24 heavy (non-hydrogen) atoms. The van der Waals surface area contributed by atoms with Gasteiger partial charge in [-0.1, -0.05) is 18.2 Å². The second kappa shape index (κ2) is 10.1. The van der Waals surface area contributed by atoms with Gasteiger partial charge in [0.15, 0.2) is 0 Å². The van der Waals surface area contributed by atoms with Gasteiger partial charge in [0.1, 0.15) is 0 Å². The second-order valence-corrected chi connectivity index (χ2v) is 6.52. The van der Waals surface area contributed by atoms with Gasteiger partial charge in [-0.05, 0) is 56.8 Å². The molecule has 4 nitrogen and oxygen atoms in total. The largest absolute Gasteiger partial charge is 0.362 e. The van der Waals surface area contributed by atoms with E-state index in [2.05, 4.69) is 39.4 Å². The molecule has 1 amide bonds. The Balaban J connectivity index is 0.00000144. The molecule has 0 atom stereocenters. The minimum Gasteiger partial charge on any atom is -0.362 e. The molecule has 2 aliphatic rings. The van der Waals surface area contributed by atoms with Crippen molar-refractivity contribution in [1.82, 2.24) is 10.2 Å². The topological polar surface area (TPSA) is 35.6 Å². The molecule has 6 heteroatoms. The number of benzene rings is 1. The Labute approximate surface area is 157 Å². The van der Waals surface area contributed by atoms with Crippen molar-refractivity contribution in [2.75, 3.05) is 44.7 Å². The summed E-state index contributed by atoms with van der Waals surface area (Å²) in [4.78, 5) is 16.9. The van der Waals surface area contributed by atoms with Crippen LogP contribution in [0.25, 0.3) is 0 Å². The Morgan fingerprint density at radius 2 is 1.88 bits per heavy atom. The zero-order chi connectivity index (χ0) is 15.4. The molecule has 1 aromatic carbocycles. The number of hydrogen-bond donors (Lipinski definition) is 1. The number of anilines is 1. The van der Waals surface area contributed by atoms with Gasteiger partial charge in [0, 0.05) is 25.3 Å². The van der Waals surface area contributed by atoms with Gasteiger partial charge < -0.3 is 15.1 Å². The summed E-state index contributed by atoms with van der Waals surface area (Å²) in [7, 11) is 2.01. The predicted octanol–water partition coefficient (Wildman–Crippen LogP) is 2.74. The van der Waals surface area contributed by atoms with E-state index in [9.17, 15) is 4.79 Å². The molecule has 136 valence electrons. The molecule has 0 aromatic heterocycles.